The van der Waals surface area contributed by atoms with Gasteiger partial charge in [0.1, 0.15) is 0 Å². The van der Waals surface area contributed by atoms with E-state index in [2.05, 4.69) is 80.3 Å². The molecule has 0 nitrogen and oxygen atoms in total. The number of allylic oxidation sites excluding steroid dienone is 9. The summed E-state index contributed by atoms with van der Waals surface area (Å²) in [4.78, 5) is 0. The lowest BCUT2D eigenvalue weighted by atomic mass is 9.75. The van der Waals surface area contributed by atoms with Crippen molar-refractivity contribution in [3.05, 3.63) is 57.8 Å². The number of halogens is 1. The molecule has 96 valence electrons. The van der Waals surface area contributed by atoms with Crippen LogP contribution in [-0.2, 0) is 0 Å². The van der Waals surface area contributed by atoms with Crippen LogP contribution in [0.25, 0.3) is 0 Å². The van der Waals surface area contributed by atoms with E-state index in [1.165, 1.54) is 14.7 Å². The first-order valence-electron chi connectivity index (χ1n) is 6.61. The quantitative estimate of drug-likeness (QED) is 0.568. The van der Waals surface area contributed by atoms with Crippen LogP contribution in [0.3, 0.4) is 0 Å². The number of fused-ring (bicyclic) bond motifs is 1. The number of hydrogen-bond acceptors (Lipinski definition) is 0. The Balaban J connectivity index is 2.56. The molecule has 0 radical (unpaired) electrons. The molecule has 1 fully saturated rings. The van der Waals surface area contributed by atoms with Gasteiger partial charge in [0, 0.05) is 9.50 Å². The summed E-state index contributed by atoms with van der Waals surface area (Å²) in [7, 11) is 0. The second-order valence-corrected chi connectivity index (χ2v) is 6.81. The van der Waals surface area contributed by atoms with Crippen LogP contribution in [0.4, 0.5) is 0 Å². The van der Waals surface area contributed by atoms with Crippen molar-refractivity contribution in [3.63, 3.8) is 0 Å². The summed E-state index contributed by atoms with van der Waals surface area (Å²) >= 11 is 2.42. The molecule has 0 aromatic rings. The Morgan fingerprint density at radius 2 is 2.17 bits per heavy atom. The van der Waals surface area contributed by atoms with Crippen molar-refractivity contribution in [1.82, 2.24) is 0 Å². The van der Waals surface area contributed by atoms with Crippen molar-refractivity contribution in [2.24, 2.45) is 17.3 Å². The fraction of sp³-hybridized carbons (Fsp3) is 0.412. The summed E-state index contributed by atoms with van der Waals surface area (Å²) in [6.07, 6.45) is 14.6. The molecule has 0 aromatic carbocycles. The van der Waals surface area contributed by atoms with Gasteiger partial charge in [-0.25, -0.2) is 0 Å². The molecule has 2 unspecified atom stereocenters. The molecular weight excluding hydrogens is 331 g/mol. The van der Waals surface area contributed by atoms with Gasteiger partial charge in [0.2, 0.25) is 0 Å². The average Bonchev–Trinajstić information content (AvgIpc) is 2.52. The molecule has 0 bridgehead atoms. The number of rotatable bonds is 2. The Morgan fingerprint density at radius 3 is 2.78 bits per heavy atom. The summed E-state index contributed by atoms with van der Waals surface area (Å²) in [6.45, 7) is 10.8. The van der Waals surface area contributed by atoms with Crippen LogP contribution in [0.1, 0.15) is 27.2 Å². The van der Waals surface area contributed by atoms with Gasteiger partial charge in [0.15, 0.2) is 0 Å². The highest BCUT2D eigenvalue weighted by molar-refractivity contribution is 14.1. The smallest absolute Gasteiger partial charge is 0.00959 e. The molecule has 0 amide bonds. The van der Waals surface area contributed by atoms with E-state index in [0.29, 0.717) is 11.8 Å². The van der Waals surface area contributed by atoms with E-state index in [1.54, 1.807) is 0 Å². The highest BCUT2D eigenvalue weighted by Crippen LogP contribution is 2.56. The van der Waals surface area contributed by atoms with Crippen LogP contribution < -0.4 is 0 Å². The van der Waals surface area contributed by atoms with E-state index >= 15 is 0 Å². The lowest BCUT2D eigenvalue weighted by molar-refractivity contribution is 0.332. The number of hydrogen-bond donors (Lipinski definition) is 0. The van der Waals surface area contributed by atoms with E-state index in [9.17, 15) is 0 Å². The fourth-order valence-corrected chi connectivity index (χ4v) is 3.84. The summed E-state index contributed by atoms with van der Waals surface area (Å²) in [5.41, 5.74) is 3.18. The highest BCUT2D eigenvalue weighted by atomic mass is 127. The van der Waals surface area contributed by atoms with Crippen LogP contribution in [0.15, 0.2) is 57.8 Å². The largest absolute Gasteiger partial charge is 0.0991 e. The molecule has 0 aromatic heterocycles. The normalized spacial score (nSPS) is 33.7. The minimum Gasteiger partial charge on any atom is -0.0991 e. The van der Waals surface area contributed by atoms with Crippen LogP contribution in [0.5, 0.6) is 0 Å². The van der Waals surface area contributed by atoms with Crippen molar-refractivity contribution < 1.29 is 0 Å². The summed E-state index contributed by atoms with van der Waals surface area (Å²) in [5.74, 6) is 1.10. The SMILES string of the molecule is C=C/C=C1\C(=C/CC)C(C)(C)C2C=C(I)C=CC12. The Hall–Kier alpha value is -0.570. The topological polar surface area (TPSA) is 0 Å². The van der Waals surface area contributed by atoms with Crippen molar-refractivity contribution in [1.29, 1.82) is 0 Å². The Morgan fingerprint density at radius 1 is 1.44 bits per heavy atom. The first-order chi connectivity index (χ1) is 8.52. The summed E-state index contributed by atoms with van der Waals surface area (Å²) < 4.78 is 1.36. The van der Waals surface area contributed by atoms with Gasteiger partial charge in [-0.15, -0.1) is 0 Å². The molecule has 18 heavy (non-hydrogen) atoms. The fourth-order valence-electron chi connectivity index (χ4n) is 3.24. The Kier molecular flexibility index (Phi) is 4.00. The maximum absolute atomic E-state index is 3.87. The molecule has 0 saturated heterocycles. The van der Waals surface area contributed by atoms with Crippen LogP contribution in [0.2, 0.25) is 0 Å². The molecule has 2 atom stereocenters. The summed E-state index contributed by atoms with van der Waals surface area (Å²) in [5, 5.41) is 0. The zero-order valence-electron chi connectivity index (χ0n) is 11.4. The zero-order chi connectivity index (χ0) is 13.3. The predicted octanol–water partition coefficient (Wildman–Crippen LogP) is 5.60. The molecule has 1 heteroatoms. The molecule has 0 heterocycles. The van der Waals surface area contributed by atoms with Gasteiger partial charge in [-0.1, -0.05) is 63.8 Å². The average molecular weight is 352 g/mol. The zero-order valence-corrected chi connectivity index (χ0v) is 13.6. The third kappa shape index (κ3) is 2.18. The third-order valence-corrected chi connectivity index (χ3v) is 4.81. The monoisotopic (exact) mass is 352 g/mol. The third-order valence-electron chi connectivity index (χ3n) is 4.09. The molecule has 2 aliphatic rings. The predicted molar refractivity (Wildman–Crippen MR) is 88.7 cm³/mol. The lowest BCUT2D eigenvalue weighted by Crippen LogP contribution is -2.22. The minimum atomic E-state index is 0.219. The molecular formula is C17H21I. The van der Waals surface area contributed by atoms with E-state index in [4.69, 9.17) is 0 Å². The van der Waals surface area contributed by atoms with E-state index < -0.39 is 0 Å². The highest BCUT2D eigenvalue weighted by Gasteiger charge is 2.46. The molecule has 0 N–H and O–H groups in total. The van der Waals surface area contributed by atoms with Crippen LogP contribution in [-0.4, -0.2) is 0 Å². The Labute approximate surface area is 124 Å². The van der Waals surface area contributed by atoms with E-state index in [1.807, 2.05) is 6.08 Å². The van der Waals surface area contributed by atoms with Crippen LogP contribution >= 0.6 is 22.6 Å². The van der Waals surface area contributed by atoms with Gasteiger partial charge in [-0.2, -0.15) is 0 Å². The van der Waals surface area contributed by atoms with Crippen molar-refractivity contribution >= 4 is 22.6 Å². The summed E-state index contributed by atoms with van der Waals surface area (Å²) in [6, 6.07) is 0. The standard InChI is InChI=1S/C17H21I/c1-5-7-13-14-10-9-12(18)11-16(14)17(3,4)15(13)8-6-2/h5,7-11,14,16H,1,6H2,2-4H3/b13-7-,15-8+. The van der Waals surface area contributed by atoms with Gasteiger partial charge >= 0.3 is 0 Å². The molecule has 2 rings (SSSR count). The molecule has 1 saturated carbocycles. The second kappa shape index (κ2) is 5.20. The van der Waals surface area contributed by atoms with Gasteiger partial charge in [-0.05, 0) is 51.5 Å². The Bertz CT molecular complexity index is 472. The van der Waals surface area contributed by atoms with Gasteiger partial charge < -0.3 is 0 Å². The van der Waals surface area contributed by atoms with Gasteiger partial charge in [0.25, 0.3) is 0 Å². The van der Waals surface area contributed by atoms with Gasteiger partial charge in [-0.3, -0.25) is 0 Å². The second-order valence-electron chi connectivity index (χ2n) is 5.57. The van der Waals surface area contributed by atoms with E-state index in [0.717, 1.165) is 6.42 Å². The first kappa shape index (κ1) is 13.9. The molecule has 0 aliphatic heterocycles. The molecule has 2 aliphatic carbocycles. The maximum Gasteiger partial charge on any atom is 0.00959 e. The van der Waals surface area contributed by atoms with Crippen molar-refractivity contribution in [3.8, 4) is 0 Å². The lowest BCUT2D eigenvalue weighted by Gasteiger charge is -2.29. The van der Waals surface area contributed by atoms with Crippen LogP contribution in [0, 0.1) is 17.3 Å². The molecule has 0 spiro atoms. The van der Waals surface area contributed by atoms with E-state index in [-0.39, 0.29) is 5.41 Å². The van der Waals surface area contributed by atoms with Crippen molar-refractivity contribution in [2.45, 2.75) is 27.2 Å². The maximum atomic E-state index is 3.87. The minimum absolute atomic E-state index is 0.219. The van der Waals surface area contributed by atoms with Gasteiger partial charge in [0.05, 0.1) is 0 Å². The first-order valence-corrected chi connectivity index (χ1v) is 7.69. The van der Waals surface area contributed by atoms with Crippen molar-refractivity contribution in [2.75, 3.05) is 0 Å².